The molecule has 2 heterocycles. The Morgan fingerprint density at radius 1 is 1.45 bits per heavy atom. The third-order valence-electron chi connectivity index (χ3n) is 4.82. The van der Waals surface area contributed by atoms with Crippen LogP contribution in [-0.2, 0) is 11.3 Å². The molecule has 6 heteroatoms. The number of carbonyl (C=O) groups is 1. The van der Waals surface area contributed by atoms with Crippen LogP contribution in [-0.4, -0.2) is 21.5 Å². The number of rotatable bonds is 3. The third-order valence-corrected chi connectivity index (χ3v) is 5.64. The molecule has 0 bridgehead atoms. The van der Waals surface area contributed by atoms with Gasteiger partial charge < -0.3 is 5.32 Å². The summed E-state index contributed by atoms with van der Waals surface area (Å²) in [5.41, 5.74) is -0.147. The molecule has 1 aliphatic carbocycles. The Balaban J connectivity index is 1.70. The summed E-state index contributed by atoms with van der Waals surface area (Å²) in [5.74, 6) is 1.00. The Morgan fingerprint density at radius 3 is 3.09 bits per heavy atom. The molecule has 2 aromatic heterocycles. The van der Waals surface area contributed by atoms with Crippen molar-refractivity contribution in [3.63, 3.8) is 0 Å². The van der Waals surface area contributed by atoms with Crippen molar-refractivity contribution in [2.45, 2.75) is 45.7 Å². The van der Waals surface area contributed by atoms with Crippen molar-refractivity contribution in [2.24, 2.45) is 11.8 Å². The van der Waals surface area contributed by atoms with Crippen LogP contribution in [0.2, 0.25) is 0 Å². The Labute approximate surface area is 133 Å². The standard InChI is InChI=1S/C16H21N3O2S/c1-10-4-3-5-13(11(10)2)18-14(20)8-19-9-17-15-12(16(19)21)6-7-22-15/h6-7,9-11,13H,3-5,8H2,1-2H3,(H,18,20). The smallest absolute Gasteiger partial charge is 0.262 e. The van der Waals surface area contributed by atoms with E-state index in [1.54, 1.807) is 6.07 Å². The first-order valence-corrected chi connectivity index (χ1v) is 8.66. The van der Waals surface area contributed by atoms with Crippen LogP contribution in [0.4, 0.5) is 0 Å². The highest BCUT2D eigenvalue weighted by Crippen LogP contribution is 2.29. The highest BCUT2D eigenvalue weighted by atomic mass is 32.1. The normalized spacial score (nSPS) is 25.3. The van der Waals surface area contributed by atoms with E-state index < -0.39 is 0 Å². The second kappa shape index (κ2) is 6.20. The predicted molar refractivity (Wildman–Crippen MR) is 88.0 cm³/mol. The Morgan fingerprint density at radius 2 is 2.27 bits per heavy atom. The van der Waals surface area contributed by atoms with Gasteiger partial charge in [0.2, 0.25) is 5.91 Å². The van der Waals surface area contributed by atoms with Gasteiger partial charge >= 0.3 is 0 Å². The van der Waals surface area contributed by atoms with Gasteiger partial charge in [-0.05, 0) is 29.7 Å². The van der Waals surface area contributed by atoms with Crippen molar-refractivity contribution < 1.29 is 4.79 Å². The number of fused-ring (bicyclic) bond motifs is 1. The number of nitrogens with zero attached hydrogens (tertiary/aromatic N) is 2. The second-order valence-electron chi connectivity index (χ2n) is 6.26. The molecule has 1 fully saturated rings. The summed E-state index contributed by atoms with van der Waals surface area (Å²) in [6, 6.07) is 1.97. The number of hydrogen-bond acceptors (Lipinski definition) is 4. The lowest BCUT2D eigenvalue weighted by atomic mass is 9.78. The maximum atomic E-state index is 12.3. The molecule has 1 aliphatic rings. The van der Waals surface area contributed by atoms with Crippen LogP contribution in [0, 0.1) is 11.8 Å². The first-order valence-electron chi connectivity index (χ1n) is 7.78. The summed E-state index contributed by atoms with van der Waals surface area (Å²) >= 11 is 1.43. The molecule has 0 aliphatic heterocycles. The molecule has 3 rings (SSSR count). The van der Waals surface area contributed by atoms with E-state index in [2.05, 4.69) is 24.1 Å². The SMILES string of the molecule is CC1CCCC(NC(=O)Cn2cnc3sccc3c2=O)C1C. The highest BCUT2D eigenvalue weighted by molar-refractivity contribution is 7.16. The topological polar surface area (TPSA) is 64.0 Å². The summed E-state index contributed by atoms with van der Waals surface area (Å²) in [6.07, 6.45) is 4.87. The number of hydrogen-bond donors (Lipinski definition) is 1. The molecule has 0 spiro atoms. The molecule has 1 N–H and O–H groups in total. The van der Waals surface area contributed by atoms with E-state index in [-0.39, 0.29) is 24.1 Å². The molecule has 3 atom stereocenters. The van der Waals surface area contributed by atoms with Crippen LogP contribution in [0.25, 0.3) is 10.2 Å². The minimum Gasteiger partial charge on any atom is -0.352 e. The summed E-state index contributed by atoms with van der Waals surface area (Å²) in [4.78, 5) is 29.5. The van der Waals surface area contributed by atoms with E-state index in [0.717, 1.165) is 17.7 Å². The molecule has 1 amide bonds. The number of thiophene rings is 1. The largest absolute Gasteiger partial charge is 0.352 e. The van der Waals surface area contributed by atoms with Crippen molar-refractivity contribution >= 4 is 27.5 Å². The average Bonchev–Trinajstić information content (AvgIpc) is 2.96. The number of carbonyl (C=O) groups excluding carboxylic acids is 1. The number of aromatic nitrogens is 2. The first-order chi connectivity index (χ1) is 10.6. The van der Waals surface area contributed by atoms with Crippen LogP contribution in [0.15, 0.2) is 22.6 Å². The first kappa shape index (κ1) is 15.2. The zero-order valence-electron chi connectivity index (χ0n) is 12.9. The van der Waals surface area contributed by atoms with Crippen molar-refractivity contribution in [2.75, 3.05) is 0 Å². The number of amides is 1. The number of nitrogens with one attached hydrogen (secondary N) is 1. The van der Waals surface area contributed by atoms with Gasteiger partial charge in [-0.2, -0.15) is 0 Å². The monoisotopic (exact) mass is 319 g/mol. The van der Waals surface area contributed by atoms with Crippen molar-refractivity contribution in [1.29, 1.82) is 0 Å². The fourth-order valence-corrected chi connectivity index (χ4v) is 3.92. The van der Waals surface area contributed by atoms with E-state index in [9.17, 15) is 9.59 Å². The zero-order chi connectivity index (χ0) is 15.7. The lowest BCUT2D eigenvalue weighted by Gasteiger charge is -2.34. The van der Waals surface area contributed by atoms with Gasteiger partial charge in [0.05, 0.1) is 11.7 Å². The van der Waals surface area contributed by atoms with Gasteiger partial charge in [0.25, 0.3) is 5.56 Å². The Hall–Kier alpha value is -1.69. The van der Waals surface area contributed by atoms with Crippen LogP contribution in [0.3, 0.4) is 0 Å². The quantitative estimate of drug-likeness (QED) is 0.945. The summed E-state index contributed by atoms with van der Waals surface area (Å²) in [7, 11) is 0. The van der Waals surface area contributed by atoms with E-state index >= 15 is 0 Å². The lowest BCUT2D eigenvalue weighted by molar-refractivity contribution is -0.123. The predicted octanol–water partition coefficient (Wildman–Crippen LogP) is 2.40. The second-order valence-corrected chi connectivity index (χ2v) is 7.15. The van der Waals surface area contributed by atoms with Crippen LogP contribution < -0.4 is 10.9 Å². The minimum atomic E-state index is -0.147. The van der Waals surface area contributed by atoms with Gasteiger partial charge in [-0.1, -0.05) is 26.7 Å². The minimum absolute atomic E-state index is 0.0369. The molecule has 118 valence electrons. The average molecular weight is 319 g/mol. The highest BCUT2D eigenvalue weighted by Gasteiger charge is 2.28. The zero-order valence-corrected chi connectivity index (χ0v) is 13.7. The van der Waals surface area contributed by atoms with Crippen LogP contribution >= 0.6 is 11.3 Å². The summed E-state index contributed by atoms with van der Waals surface area (Å²) in [6.45, 7) is 4.47. The van der Waals surface area contributed by atoms with Gasteiger partial charge in [-0.3, -0.25) is 14.2 Å². The van der Waals surface area contributed by atoms with Gasteiger partial charge in [-0.25, -0.2) is 4.98 Å². The van der Waals surface area contributed by atoms with Crippen molar-refractivity contribution in [3.05, 3.63) is 28.1 Å². The fraction of sp³-hybridized carbons (Fsp3) is 0.562. The van der Waals surface area contributed by atoms with Gasteiger partial charge in [-0.15, -0.1) is 11.3 Å². The van der Waals surface area contributed by atoms with Crippen LogP contribution in [0.1, 0.15) is 33.1 Å². The molecular formula is C16H21N3O2S. The van der Waals surface area contributed by atoms with E-state index in [1.807, 2.05) is 5.38 Å². The van der Waals surface area contributed by atoms with E-state index in [4.69, 9.17) is 0 Å². The maximum Gasteiger partial charge on any atom is 0.262 e. The summed E-state index contributed by atoms with van der Waals surface area (Å²) < 4.78 is 1.39. The van der Waals surface area contributed by atoms with Crippen LogP contribution in [0.5, 0.6) is 0 Å². The molecule has 0 radical (unpaired) electrons. The third kappa shape index (κ3) is 2.92. The fourth-order valence-electron chi connectivity index (χ4n) is 3.20. The lowest BCUT2D eigenvalue weighted by Crippen LogP contribution is -2.45. The van der Waals surface area contributed by atoms with Gasteiger partial charge in [0, 0.05) is 6.04 Å². The maximum absolute atomic E-state index is 12.3. The molecule has 3 unspecified atom stereocenters. The van der Waals surface area contributed by atoms with Crippen molar-refractivity contribution in [1.82, 2.24) is 14.9 Å². The molecule has 22 heavy (non-hydrogen) atoms. The van der Waals surface area contributed by atoms with E-state index in [0.29, 0.717) is 17.2 Å². The van der Waals surface area contributed by atoms with Gasteiger partial charge in [0.15, 0.2) is 0 Å². The van der Waals surface area contributed by atoms with E-state index in [1.165, 1.54) is 28.7 Å². The molecule has 0 aromatic carbocycles. The molecular weight excluding hydrogens is 298 g/mol. The Bertz CT molecular complexity index is 736. The molecule has 0 saturated heterocycles. The summed E-state index contributed by atoms with van der Waals surface area (Å²) in [5, 5.41) is 5.52. The Kier molecular flexibility index (Phi) is 4.29. The molecule has 5 nitrogen and oxygen atoms in total. The molecule has 1 saturated carbocycles. The van der Waals surface area contributed by atoms with Gasteiger partial charge in [0.1, 0.15) is 11.4 Å². The molecule has 2 aromatic rings. The van der Waals surface area contributed by atoms with Crippen molar-refractivity contribution in [3.8, 4) is 0 Å².